The van der Waals surface area contributed by atoms with E-state index in [0.29, 0.717) is 19.5 Å². The summed E-state index contributed by atoms with van der Waals surface area (Å²) in [6, 6.07) is 1.59. The summed E-state index contributed by atoms with van der Waals surface area (Å²) in [4.78, 5) is 11.8. The van der Waals surface area contributed by atoms with E-state index in [9.17, 15) is 9.90 Å². The van der Waals surface area contributed by atoms with E-state index in [0.717, 1.165) is 0 Å². The van der Waals surface area contributed by atoms with E-state index < -0.39 is 6.10 Å². The Hall–Kier alpha value is -1.40. The molecule has 17 heavy (non-hydrogen) atoms. The molecule has 0 radical (unpaired) electrons. The molecule has 3 unspecified atom stereocenters. The van der Waals surface area contributed by atoms with Gasteiger partial charge in [0.15, 0.2) is 0 Å². The summed E-state index contributed by atoms with van der Waals surface area (Å²) in [6.45, 7) is 3.07. The van der Waals surface area contributed by atoms with Crippen molar-refractivity contribution in [3.63, 3.8) is 0 Å². The van der Waals surface area contributed by atoms with E-state index in [-0.39, 0.29) is 18.0 Å². The van der Waals surface area contributed by atoms with Crippen molar-refractivity contribution >= 4 is 5.91 Å². The second-order valence-electron chi connectivity index (χ2n) is 4.49. The van der Waals surface area contributed by atoms with Gasteiger partial charge in [-0.15, -0.1) is 0 Å². The lowest BCUT2D eigenvalue weighted by atomic mass is 10.2. The van der Waals surface area contributed by atoms with Crippen LogP contribution in [-0.4, -0.2) is 45.5 Å². The second kappa shape index (κ2) is 5.29. The van der Waals surface area contributed by atoms with Crippen molar-refractivity contribution in [2.24, 2.45) is 0 Å². The Morgan fingerprint density at radius 2 is 2.59 bits per heavy atom. The van der Waals surface area contributed by atoms with Crippen molar-refractivity contribution in [3.05, 3.63) is 18.5 Å². The summed E-state index contributed by atoms with van der Waals surface area (Å²) >= 11 is 0. The molecule has 1 aliphatic heterocycles. The fourth-order valence-corrected chi connectivity index (χ4v) is 1.99. The number of aromatic nitrogens is 2. The maximum atomic E-state index is 11.8. The first-order chi connectivity index (χ1) is 8.15. The molecule has 1 saturated heterocycles. The molecule has 0 spiro atoms. The number of hydrogen-bond acceptors (Lipinski definition) is 4. The summed E-state index contributed by atoms with van der Waals surface area (Å²) in [6.07, 6.45) is 3.65. The fraction of sp³-hybridized carbons (Fsp3) is 0.636. The van der Waals surface area contributed by atoms with Gasteiger partial charge in [0, 0.05) is 25.0 Å². The molecule has 0 saturated carbocycles. The number of β-amino-alcohol motifs (C(OH)–C–C–N with tert-alkyl or cyclic N) is 1. The minimum Gasteiger partial charge on any atom is -0.392 e. The van der Waals surface area contributed by atoms with Crippen LogP contribution in [0.3, 0.4) is 0 Å². The fourth-order valence-electron chi connectivity index (χ4n) is 1.99. The number of aliphatic hydroxyl groups is 1. The average Bonchev–Trinajstić information content (AvgIpc) is 2.89. The smallest absolute Gasteiger partial charge is 0.237 e. The molecule has 1 aromatic rings. The molecule has 94 valence electrons. The van der Waals surface area contributed by atoms with Gasteiger partial charge in [-0.25, -0.2) is 0 Å². The molecule has 2 rings (SSSR count). The quantitative estimate of drug-likeness (QED) is 0.636. The van der Waals surface area contributed by atoms with Crippen LogP contribution >= 0.6 is 0 Å². The number of carbonyl (C=O) groups is 1. The summed E-state index contributed by atoms with van der Waals surface area (Å²) in [7, 11) is 0. The highest BCUT2D eigenvalue weighted by Crippen LogP contribution is 2.06. The molecule has 6 nitrogen and oxygen atoms in total. The molecule has 1 aromatic heterocycles. The van der Waals surface area contributed by atoms with E-state index in [1.54, 1.807) is 10.9 Å². The molecule has 2 heterocycles. The number of rotatable bonds is 4. The molecule has 3 N–H and O–H groups in total. The van der Waals surface area contributed by atoms with Crippen LogP contribution in [0.2, 0.25) is 0 Å². The third-order valence-electron chi connectivity index (χ3n) is 2.83. The number of nitrogens with zero attached hydrogens (tertiary/aromatic N) is 2. The lowest BCUT2D eigenvalue weighted by Crippen LogP contribution is -2.45. The van der Waals surface area contributed by atoms with Gasteiger partial charge in [0.2, 0.25) is 5.91 Å². The van der Waals surface area contributed by atoms with E-state index in [4.69, 9.17) is 0 Å². The molecule has 1 fully saturated rings. The minimum atomic E-state index is -0.410. The first kappa shape index (κ1) is 12.1. The Morgan fingerprint density at radius 1 is 1.76 bits per heavy atom. The van der Waals surface area contributed by atoms with Gasteiger partial charge in [0.25, 0.3) is 0 Å². The van der Waals surface area contributed by atoms with E-state index in [1.165, 1.54) is 0 Å². The zero-order chi connectivity index (χ0) is 12.3. The van der Waals surface area contributed by atoms with Crippen LogP contribution in [0, 0.1) is 0 Å². The highest BCUT2D eigenvalue weighted by atomic mass is 16.3. The Bertz CT molecular complexity index is 366. The number of carbonyl (C=O) groups excluding carboxylic acids is 1. The normalized spacial score (nSPS) is 25.8. The third-order valence-corrected chi connectivity index (χ3v) is 2.83. The zero-order valence-corrected chi connectivity index (χ0v) is 9.84. The van der Waals surface area contributed by atoms with Crippen molar-refractivity contribution < 1.29 is 9.90 Å². The summed E-state index contributed by atoms with van der Waals surface area (Å²) < 4.78 is 1.78. The first-order valence-electron chi connectivity index (χ1n) is 5.84. The van der Waals surface area contributed by atoms with Gasteiger partial charge in [0.1, 0.15) is 0 Å². The van der Waals surface area contributed by atoms with E-state index in [2.05, 4.69) is 15.7 Å². The van der Waals surface area contributed by atoms with E-state index >= 15 is 0 Å². The number of nitrogens with one attached hydrogen (secondary N) is 2. The summed E-state index contributed by atoms with van der Waals surface area (Å²) in [5, 5.41) is 19.3. The Morgan fingerprint density at radius 3 is 3.18 bits per heavy atom. The van der Waals surface area contributed by atoms with Crippen LogP contribution in [0.5, 0.6) is 0 Å². The molecule has 0 aromatic carbocycles. The predicted molar refractivity (Wildman–Crippen MR) is 62.2 cm³/mol. The Labute approximate surface area is 100 Å². The lowest BCUT2D eigenvalue weighted by molar-refractivity contribution is -0.123. The average molecular weight is 238 g/mol. The van der Waals surface area contributed by atoms with Crippen LogP contribution in [0.15, 0.2) is 18.5 Å². The SMILES string of the molecule is CC(Cn1cccn1)NC(=O)C1CC(O)CN1. The van der Waals surface area contributed by atoms with Crippen molar-refractivity contribution in [3.8, 4) is 0 Å². The summed E-state index contributed by atoms with van der Waals surface area (Å²) in [5.74, 6) is -0.0544. The maximum Gasteiger partial charge on any atom is 0.237 e. The maximum absolute atomic E-state index is 11.8. The van der Waals surface area contributed by atoms with Gasteiger partial charge >= 0.3 is 0 Å². The Kier molecular flexibility index (Phi) is 3.75. The molecule has 1 aliphatic rings. The first-order valence-corrected chi connectivity index (χ1v) is 5.84. The number of hydrogen-bond donors (Lipinski definition) is 3. The minimum absolute atomic E-state index is 0.0157. The van der Waals surface area contributed by atoms with Gasteiger partial charge in [-0.3, -0.25) is 9.48 Å². The molecular formula is C11H18N4O2. The molecule has 0 bridgehead atoms. The standard InChI is InChI=1S/C11H18N4O2/c1-8(7-15-4-2-3-13-15)14-11(17)10-5-9(16)6-12-10/h2-4,8-10,12,16H,5-7H2,1H3,(H,14,17). The van der Waals surface area contributed by atoms with Crippen molar-refractivity contribution in [2.75, 3.05) is 6.54 Å². The van der Waals surface area contributed by atoms with Crippen molar-refractivity contribution in [1.82, 2.24) is 20.4 Å². The summed E-state index contributed by atoms with van der Waals surface area (Å²) in [5.41, 5.74) is 0. The number of aliphatic hydroxyl groups excluding tert-OH is 1. The van der Waals surface area contributed by atoms with Crippen LogP contribution in [0.4, 0.5) is 0 Å². The van der Waals surface area contributed by atoms with E-state index in [1.807, 2.05) is 19.2 Å². The number of amides is 1. The van der Waals surface area contributed by atoms with Gasteiger partial charge in [-0.05, 0) is 19.4 Å². The molecule has 1 amide bonds. The molecule has 6 heteroatoms. The molecule has 0 aliphatic carbocycles. The van der Waals surface area contributed by atoms with Crippen LogP contribution in [0.1, 0.15) is 13.3 Å². The second-order valence-corrected chi connectivity index (χ2v) is 4.49. The third kappa shape index (κ3) is 3.28. The van der Waals surface area contributed by atoms with Crippen LogP contribution in [0.25, 0.3) is 0 Å². The highest BCUT2D eigenvalue weighted by Gasteiger charge is 2.28. The van der Waals surface area contributed by atoms with Gasteiger partial charge in [0.05, 0.1) is 18.7 Å². The highest BCUT2D eigenvalue weighted by molar-refractivity contribution is 5.82. The largest absolute Gasteiger partial charge is 0.392 e. The van der Waals surface area contributed by atoms with Gasteiger partial charge < -0.3 is 15.7 Å². The van der Waals surface area contributed by atoms with Gasteiger partial charge in [-0.1, -0.05) is 0 Å². The lowest BCUT2D eigenvalue weighted by Gasteiger charge is -2.17. The van der Waals surface area contributed by atoms with Crippen molar-refractivity contribution in [2.45, 2.75) is 38.1 Å². The zero-order valence-electron chi connectivity index (χ0n) is 9.84. The molecule has 3 atom stereocenters. The monoisotopic (exact) mass is 238 g/mol. The van der Waals surface area contributed by atoms with Crippen LogP contribution < -0.4 is 10.6 Å². The van der Waals surface area contributed by atoms with Gasteiger partial charge in [-0.2, -0.15) is 5.10 Å². The molecular weight excluding hydrogens is 220 g/mol. The topological polar surface area (TPSA) is 79.2 Å². The van der Waals surface area contributed by atoms with Crippen LogP contribution in [-0.2, 0) is 11.3 Å². The van der Waals surface area contributed by atoms with Crippen molar-refractivity contribution in [1.29, 1.82) is 0 Å². The predicted octanol–water partition coefficient (Wildman–Crippen LogP) is -0.889. The Balaban J connectivity index is 1.78.